The van der Waals surface area contributed by atoms with Crippen LogP contribution in [0.1, 0.15) is 37.2 Å². The highest BCUT2D eigenvalue weighted by Gasteiger charge is 2.22. The van der Waals surface area contributed by atoms with Crippen molar-refractivity contribution in [1.29, 1.82) is 0 Å². The Hall–Kier alpha value is -2.66. The van der Waals surface area contributed by atoms with Crippen LogP contribution < -0.4 is 10.2 Å². The van der Waals surface area contributed by atoms with E-state index in [4.69, 9.17) is 0 Å². The van der Waals surface area contributed by atoms with E-state index in [1.165, 1.54) is 22.4 Å². The molecule has 1 fully saturated rings. The van der Waals surface area contributed by atoms with E-state index >= 15 is 0 Å². The van der Waals surface area contributed by atoms with Crippen molar-refractivity contribution in [2.45, 2.75) is 38.8 Å². The molecule has 1 aliphatic rings. The first-order chi connectivity index (χ1) is 13.6. The van der Waals surface area contributed by atoms with Gasteiger partial charge in [-0.3, -0.25) is 0 Å². The van der Waals surface area contributed by atoms with Crippen LogP contribution in [0.4, 0.5) is 5.69 Å². The average molecular weight is 376 g/mol. The lowest BCUT2D eigenvalue weighted by atomic mass is 10.0. The van der Waals surface area contributed by atoms with Gasteiger partial charge in [0.15, 0.2) is 0 Å². The smallest absolute Gasteiger partial charge is 0.149 e. The summed E-state index contributed by atoms with van der Waals surface area (Å²) in [7, 11) is 2.00. The van der Waals surface area contributed by atoms with E-state index in [1.54, 1.807) is 6.33 Å². The largest absolute Gasteiger partial charge is 0.371 e. The second kappa shape index (κ2) is 8.15. The Bertz CT molecular complexity index is 907. The quantitative estimate of drug-likeness (QED) is 0.729. The van der Waals surface area contributed by atoms with Crippen molar-refractivity contribution in [3.63, 3.8) is 0 Å². The minimum atomic E-state index is 0.217. The summed E-state index contributed by atoms with van der Waals surface area (Å²) in [5.41, 5.74) is 5.18. The van der Waals surface area contributed by atoms with Crippen LogP contribution in [0.2, 0.25) is 0 Å². The Morgan fingerprint density at radius 2 is 1.79 bits per heavy atom. The van der Waals surface area contributed by atoms with Gasteiger partial charge in [0, 0.05) is 31.9 Å². The maximum atomic E-state index is 4.23. The van der Waals surface area contributed by atoms with Crippen molar-refractivity contribution < 1.29 is 0 Å². The molecule has 2 heterocycles. The fourth-order valence-corrected chi connectivity index (χ4v) is 4.04. The zero-order chi connectivity index (χ0) is 19.5. The van der Waals surface area contributed by atoms with Gasteiger partial charge in [0.1, 0.15) is 12.2 Å². The molecule has 4 rings (SSSR count). The lowest BCUT2D eigenvalue weighted by Crippen LogP contribution is -2.43. The molecule has 0 radical (unpaired) electrons. The monoisotopic (exact) mass is 375 g/mol. The third kappa shape index (κ3) is 4.09. The fourth-order valence-electron chi connectivity index (χ4n) is 4.04. The number of aromatic nitrogens is 3. The van der Waals surface area contributed by atoms with Gasteiger partial charge in [-0.2, -0.15) is 0 Å². The normalized spacial score (nSPS) is 16.3. The van der Waals surface area contributed by atoms with E-state index in [0.29, 0.717) is 6.04 Å². The number of rotatable bonds is 5. The maximum absolute atomic E-state index is 4.23. The first-order valence-corrected chi connectivity index (χ1v) is 10.1. The van der Waals surface area contributed by atoms with Gasteiger partial charge in [-0.1, -0.05) is 42.0 Å². The van der Waals surface area contributed by atoms with Crippen LogP contribution in [0, 0.1) is 6.92 Å². The van der Waals surface area contributed by atoms with Crippen LogP contribution in [-0.4, -0.2) is 33.9 Å². The Balaban J connectivity index is 1.38. The van der Waals surface area contributed by atoms with Gasteiger partial charge >= 0.3 is 0 Å². The van der Waals surface area contributed by atoms with Crippen LogP contribution in [0.15, 0.2) is 54.9 Å². The number of hydrogen-bond acceptors (Lipinski definition) is 4. The van der Waals surface area contributed by atoms with Crippen LogP contribution in [-0.2, 0) is 7.05 Å². The summed E-state index contributed by atoms with van der Waals surface area (Å²) in [6, 6.07) is 18.4. The highest BCUT2D eigenvalue weighted by molar-refractivity contribution is 5.68. The van der Waals surface area contributed by atoms with Gasteiger partial charge in [0.05, 0.1) is 6.04 Å². The molecule has 0 spiro atoms. The first kappa shape index (κ1) is 18.7. The summed E-state index contributed by atoms with van der Waals surface area (Å²) in [6.45, 7) is 6.44. The maximum Gasteiger partial charge on any atom is 0.149 e. The third-order valence-corrected chi connectivity index (χ3v) is 5.71. The molecule has 5 heteroatoms. The topological polar surface area (TPSA) is 46.0 Å². The zero-order valence-corrected chi connectivity index (χ0v) is 17.0. The zero-order valence-electron chi connectivity index (χ0n) is 17.0. The molecule has 1 unspecified atom stereocenters. The molecule has 1 N–H and O–H groups in total. The Morgan fingerprint density at radius 3 is 2.46 bits per heavy atom. The molecule has 3 aromatic rings. The number of nitrogens with zero attached hydrogens (tertiary/aromatic N) is 4. The number of anilines is 1. The summed E-state index contributed by atoms with van der Waals surface area (Å²) in [5, 5.41) is 11.9. The van der Waals surface area contributed by atoms with Crippen molar-refractivity contribution in [1.82, 2.24) is 20.1 Å². The fraction of sp³-hybridized carbons (Fsp3) is 0.391. The molecule has 0 aliphatic carbocycles. The van der Waals surface area contributed by atoms with Crippen molar-refractivity contribution in [2.24, 2.45) is 7.05 Å². The van der Waals surface area contributed by atoms with E-state index in [-0.39, 0.29) is 6.04 Å². The molecular formula is C23H29N5. The summed E-state index contributed by atoms with van der Waals surface area (Å²) >= 11 is 0. The van der Waals surface area contributed by atoms with Crippen LogP contribution in [0.5, 0.6) is 0 Å². The minimum Gasteiger partial charge on any atom is -0.371 e. The summed E-state index contributed by atoms with van der Waals surface area (Å²) < 4.78 is 1.99. The van der Waals surface area contributed by atoms with Gasteiger partial charge in [0.25, 0.3) is 0 Å². The van der Waals surface area contributed by atoms with Crippen LogP contribution in [0.25, 0.3) is 11.1 Å². The van der Waals surface area contributed by atoms with Crippen molar-refractivity contribution in [3.05, 3.63) is 66.2 Å². The molecule has 28 heavy (non-hydrogen) atoms. The van der Waals surface area contributed by atoms with Crippen LogP contribution in [0.3, 0.4) is 0 Å². The van der Waals surface area contributed by atoms with E-state index in [0.717, 1.165) is 31.8 Å². The van der Waals surface area contributed by atoms with E-state index in [9.17, 15) is 0 Å². The lowest BCUT2D eigenvalue weighted by Gasteiger charge is -2.35. The van der Waals surface area contributed by atoms with Gasteiger partial charge < -0.3 is 14.8 Å². The molecule has 0 saturated carbocycles. The standard InChI is InChI=1S/C23H29N5/c1-17-7-9-19(10-8-17)20-5-4-6-22(15-20)28-13-11-21(12-14-28)25-18(2)23-26-24-16-27(23)3/h4-10,15-16,18,21,25H,11-14H2,1-3H3. The third-order valence-electron chi connectivity index (χ3n) is 5.71. The van der Waals surface area contributed by atoms with E-state index in [1.807, 2.05) is 11.6 Å². The molecule has 1 atom stereocenters. The number of nitrogens with one attached hydrogen (secondary N) is 1. The lowest BCUT2D eigenvalue weighted by molar-refractivity contribution is 0.370. The molecule has 1 saturated heterocycles. The average Bonchev–Trinajstić information content (AvgIpc) is 3.15. The SMILES string of the molecule is Cc1ccc(-c2cccc(N3CCC(NC(C)c4nncn4C)CC3)c2)cc1. The van der Waals surface area contributed by atoms with Gasteiger partial charge in [-0.25, -0.2) is 0 Å². The highest BCUT2D eigenvalue weighted by Crippen LogP contribution is 2.27. The first-order valence-electron chi connectivity index (χ1n) is 10.1. The number of benzene rings is 2. The minimum absolute atomic E-state index is 0.217. The molecule has 1 aromatic heterocycles. The molecule has 146 valence electrons. The summed E-state index contributed by atoms with van der Waals surface area (Å²) in [4.78, 5) is 2.50. The Kier molecular flexibility index (Phi) is 5.44. The molecule has 0 amide bonds. The number of aryl methyl sites for hydroxylation is 2. The molecular weight excluding hydrogens is 346 g/mol. The Labute approximate surface area is 167 Å². The summed E-state index contributed by atoms with van der Waals surface area (Å²) in [6.07, 6.45) is 4.03. The predicted molar refractivity (Wildman–Crippen MR) is 114 cm³/mol. The van der Waals surface area contributed by atoms with Gasteiger partial charge in [-0.05, 0) is 49.9 Å². The number of piperidine rings is 1. The predicted octanol–water partition coefficient (Wildman–Crippen LogP) is 4.11. The molecule has 2 aromatic carbocycles. The highest BCUT2D eigenvalue weighted by atomic mass is 15.3. The van der Waals surface area contributed by atoms with Crippen molar-refractivity contribution in [2.75, 3.05) is 18.0 Å². The van der Waals surface area contributed by atoms with E-state index in [2.05, 4.69) is 82.8 Å². The van der Waals surface area contributed by atoms with Gasteiger partial charge in [0.2, 0.25) is 0 Å². The van der Waals surface area contributed by atoms with Crippen LogP contribution >= 0.6 is 0 Å². The summed E-state index contributed by atoms with van der Waals surface area (Å²) in [5.74, 6) is 0.994. The molecule has 0 bridgehead atoms. The molecule has 1 aliphatic heterocycles. The second-order valence-electron chi connectivity index (χ2n) is 7.87. The number of hydrogen-bond donors (Lipinski definition) is 1. The van der Waals surface area contributed by atoms with Crippen molar-refractivity contribution in [3.8, 4) is 11.1 Å². The Morgan fingerprint density at radius 1 is 1.04 bits per heavy atom. The van der Waals surface area contributed by atoms with Gasteiger partial charge in [-0.15, -0.1) is 10.2 Å². The van der Waals surface area contributed by atoms with Crippen molar-refractivity contribution >= 4 is 5.69 Å². The van der Waals surface area contributed by atoms with E-state index < -0.39 is 0 Å². The molecule has 5 nitrogen and oxygen atoms in total. The second-order valence-corrected chi connectivity index (χ2v) is 7.87.